The average Bonchev–Trinajstić information content (AvgIpc) is 3.06. The van der Waals surface area contributed by atoms with E-state index < -0.39 is 17.5 Å². The Morgan fingerprint density at radius 1 is 1.07 bits per heavy atom. The van der Waals surface area contributed by atoms with Gasteiger partial charge in [-0.15, -0.1) is 0 Å². The maximum absolute atomic E-state index is 12.9. The number of nitrogens with zero attached hydrogens (tertiary/aromatic N) is 3. The molecule has 3 aromatic rings. The molecule has 3 heterocycles. The predicted octanol–water partition coefficient (Wildman–Crippen LogP) is 3.42. The molecule has 0 radical (unpaired) electrons. The van der Waals surface area contributed by atoms with Crippen LogP contribution < -0.4 is 0 Å². The highest BCUT2D eigenvalue weighted by molar-refractivity contribution is 6.07. The van der Waals surface area contributed by atoms with Crippen molar-refractivity contribution < 1.29 is 22.7 Å². The monoisotopic (exact) mass is 389 g/mol. The Hall–Kier alpha value is -2.71. The van der Waals surface area contributed by atoms with Crippen molar-refractivity contribution in [1.82, 2.24) is 14.3 Å². The number of benzene rings is 1. The van der Waals surface area contributed by atoms with Gasteiger partial charge in [-0.05, 0) is 24.3 Å². The summed E-state index contributed by atoms with van der Waals surface area (Å²) in [5.41, 5.74) is 0.953. The second kappa shape index (κ2) is 7.37. The van der Waals surface area contributed by atoms with E-state index in [0.717, 1.165) is 36.4 Å². The van der Waals surface area contributed by atoms with Gasteiger partial charge < -0.3 is 4.74 Å². The average molecular weight is 389 g/mol. The second-order valence-corrected chi connectivity index (χ2v) is 6.63. The molecule has 0 spiro atoms. The number of hydrogen-bond acceptors (Lipinski definition) is 4. The molecule has 1 saturated heterocycles. The number of hydrogen-bond donors (Lipinski definition) is 0. The molecule has 0 bridgehead atoms. The third-order valence-electron chi connectivity index (χ3n) is 4.78. The zero-order chi connectivity index (χ0) is 19.7. The Morgan fingerprint density at radius 3 is 2.46 bits per heavy atom. The first kappa shape index (κ1) is 18.6. The van der Waals surface area contributed by atoms with Crippen molar-refractivity contribution >= 4 is 11.3 Å². The number of alkyl halides is 3. The molecule has 5 nitrogen and oxygen atoms in total. The normalized spacial score (nSPS) is 15.8. The first-order valence-electron chi connectivity index (χ1n) is 8.91. The Morgan fingerprint density at radius 2 is 1.79 bits per heavy atom. The SMILES string of the molecule is O=C(c1ccc(C(F)(F)F)cc1)c1nc(CN2CCOCC2)c2ccccn12. The van der Waals surface area contributed by atoms with Gasteiger partial charge in [0.25, 0.3) is 0 Å². The molecule has 0 N–H and O–H groups in total. The van der Waals surface area contributed by atoms with Crippen LogP contribution in [-0.4, -0.2) is 46.4 Å². The molecule has 0 aliphatic carbocycles. The summed E-state index contributed by atoms with van der Waals surface area (Å²) in [5, 5.41) is 0. The molecule has 146 valence electrons. The fourth-order valence-corrected chi connectivity index (χ4v) is 3.29. The van der Waals surface area contributed by atoms with Crippen molar-refractivity contribution in [2.45, 2.75) is 12.7 Å². The van der Waals surface area contributed by atoms with Gasteiger partial charge in [0.1, 0.15) is 0 Å². The number of carbonyl (C=O) groups is 1. The highest BCUT2D eigenvalue weighted by Gasteiger charge is 2.30. The van der Waals surface area contributed by atoms with E-state index in [-0.39, 0.29) is 11.4 Å². The number of ketones is 1. The molecule has 8 heteroatoms. The molecule has 0 amide bonds. The lowest BCUT2D eigenvalue weighted by Crippen LogP contribution is -2.35. The summed E-state index contributed by atoms with van der Waals surface area (Å²) in [6, 6.07) is 9.75. The zero-order valence-electron chi connectivity index (χ0n) is 14.9. The Bertz CT molecular complexity index is 990. The lowest BCUT2D eigenvalue weighted by Gasteiger charge is -2.25. The number of fused-ring (bicyclic) bond motifs is 1. The van der Waals surface area contributed by atoms with Crippen LogP contribution in [0.2, 0.25) is 0 Å². The topological polar surface area (TPSA) is 46.8 Å². The number of imidazole rings is 1. The first-order chi connectivity index (χ1) is 13.4. The van der Waals surface area contributed by atoms with E-state index in [4.69, 9.17) is 4.74 Å². The minimum absolute atomic E-state index is 0.168. The maximum Gasteiger partial charge on any atom is 0.416 e. The molecule has 1 aromatic carbocycles. The third-order valence-corrected chi connectivity index (χ3v) is 4.78. The van der Waals surface area contributed by atoms with Crippen LogP contribution in [0.25, 0.3) is 5.52 Å². The number of morpholine rings is 1. The summed E-state index contributed by atoms with van der Waals surface area (Å²) in [7, 11) is 0. The van der Waals surface area contributed by atoms with Crippen LogP contribution in [0.4, 0.5) is 13.2 Å². The van der Waals surface area contributed by atoms with E-state index in [9.17, 15) is 18.0 Å². The molecule has 2 aromatic heterocycles. The van der Waals surface area contributed by atoms with Gasteiger partial charge in [-0.1, -0.05) is 18.2 Å². The van der Waals surface area contributed by atoms with Gasteiger partial charge in [-0.25, -0.2) is 4.98 Å². The Labute approximate surface area is 159 Å². The lowest BCUT2D eigenvalue weighted by atomic mass is 10.1. The smallest absolute Gasteiger partial charge is 0.379 e. The molecular weight excluding hydrogens is 371 g/mol. The number of pyridine rings is 1. The number of ether oxygens (including phenoxy) is 1. The molecule has 0 atom stereocenters. The number of carbonyl (C=O) groups excluding carboxylic acids is 1. The fourth-order valence-electron chi connectivity index (χ4n) is 3.29. The van der Waals surface area contributed by atoms with Gasteiger partial charge in [0.05, 0.1) is 30.0 Å². The summed E-state index contributed by atoms with van der Waals surface area (Å²) in [6.07, 6.45) is -2.70. The summed E-state index contributed by atoms with van der Waals surface area (Å²) in [5.74, 6) is -0.221. The van der Waals surface area contributed by atoms with Crippen LogP contribution in [0.3, 0.4) is 0 Å². The molecule has 0 saturated carbocycles. The lowest BCUT2D eigenvalue weighted by molar-refractivity contribution is -0.137. The van der Waals surface area contributed by atoms with E-state index >= 15 is 0 Å². The minimum atomic E-state index is -4.44. The van der Waals surface area contributed by atoms with Gasteiger partial charge >= 0.3 is 6.18 Å². The number of rotatable bonds is 4. The first-order valence-corrected chi connectivity index (χ1v) is 8.91. The van der Waals surface area contributed by atoms with Crippen LogP contribution in [-0.2, 0) is 17.5 Å². The zero-order valence-corrected chi connectivity index (χ0v) is 14.9. The highest BCUT2D eigenvalue weighted by Crippen LogP contribution is 2.29. The summed E-state index contributed by atoms with van der Waals surface area (Å²) in [4.78, 5) is 19.7. The van der Waals surface area contributed by atoms with Gasteiger partial charge in [0, 0.05) is 31.4 Å². The minimum Gasteiger partial charge on any atom is -0.379 e. The van der Waals surface area contributed by atoms with E-state index in [2.05, 4.69) is 9.88 Å². The van der Waals surface area contributed by atoms with Gasteiger partial charge in [-0.2, -0.15) is 13.2 Å². The quantitative estimate of drug-likeness (QED) is 0.642. The van der Waals surface area contributed by atoms with Crippen molar-refractivity contribution in [2.24, 2.45) is 0 Å². The van der Waals surface area contributed by atoms with E-state index in [0.29, 0.717) is 19.8 Å². The standard InChI is InChI=1S/C20H18F3N3O2/c21-20(22,23)15-6-4-14(5-7-15)18(27)19-24-16(13-25-9-11-28-12-10-25)17-3-1-2-8-26(17)19/h1-8H,9-13H2. The molecular formula is C20H18F3N3O2. The van der Waals surface area contributed by atoms with Crippen LogP contribution in [0.15, 0.2) is 48.7 Å². The van der Waals surface area contributed by atoms with Crippen molar-refractivity contribution in [1.29, 1.82) is 0 Å². The van der Waals surface area contributed by atoms with Crippen LogP contribution in [0.1, 0.15) is 27.4 Å². The van der Waals surface area contributed by atoms with E-state index in [1.165, 1.54) is 12.1 Å². The van der Waals surface area contributed by atoms with E-state index in [1.807, 2.05) is 12.1 Å². The summed E-state index contributed by atoms with van der Waals surface area (Å²) < 4.78 is 45.3. The van der Waals surface area contributed by atoms with Crippen LogP contribution in [0, 0.1) is 0 Å². The molecule has 1 aliphatic heterocycles. The second-order valence-electron chi connectivity index (χ2n) is 6.63. The summed E-state index contributed by atoms with van der Waals surface area (Å²) in [6.45, 7) is 3.46. The van der Waals surface area contributed by atoms with Crippen molar-refractivity contribution in [3.63, 3.8) is 0 Å². The largest absolute Gasteiger partial charge is 0.416 e. The molecule has 1 fully saturated rings. The Kier molecular flexibility index (Phi) is 4.91. The van der Waals surface area contributed by atoms with Crippen molar-refractivity contribution in [3.05, 3.63) is 71.3 Å². The number of halogens is 3. The van der Waals surface area contributed by atoms with Gasteiger partial charge in [0.15, 0.2) is 5.82 Å². The van der Waals surface area contributed by atoms with Crippen molar-refractivity contribution in [3.8, 4) is 0 Å². The van der Waals surface area contributed by atoms with Crippen LogP contribution in [0.5, 0.6) is 0 Å². The Balaban J connectivity index is 1.67. The maximum atomic E-state index is 12.9. The van der Waals surface area contributed by atoms with Gasteiger partial charge in [-0.3, -0.25) is 14.1 Å². The molecule has 28 heavy (non-hydrogen) atoms. The molecule has 1 aliphatic rings. The summed E-state index contributed by atoms with van der Waals surface area (Å²) >= 11 is 0. The predicted molar refractivity (Wildman–Crippen MR) is 96.2 cm³/mol. The fraction of sp³-hybridized carbons (Fsp3) is 0.300. The third kappa shape index (κ3) is 3.65. The van der Waals surface area contributed by atoms with E-state index in [1.54, 1.807) is 16.7 Å². The number of aromatic nitrogens is 2. The van der Waals surface area contributed by atoms with Crippen LogP contribution >= 0.6 is 0 Å². The van der Waals surface area contributed by atoms with Gasteiger partial charge in [0.2, 0.25) is 5.78 Å². The molecule has 4 rings (SSSR count). The highest BCUT2D eigenvalue weighted by atomic mass is 19.4. The van der Waals surface area contributed by atoms with Crippen molar-refractivity contribution in [2.75, 3.05) is 26.3 Å². The molecule has 0 unspecified atom stereocenters.